The van der Waals surface area contributed by atoms with E-state index in [9.17, 15) is 10.1 Å². The van der Waals surface area contributed by atoms with E-state index in [1.54, 1.807) is 42.0 Å². The van der Waals surface area contributed by atoms with Gasteiger partial charge in [-0.3, -0.25) is 15.1 Å². The second kappa shape index (κ2) is 13.2. The third kappa shape index (κ3) is 9.77. The molecule has 29 heavy (non-hydrogen) atoms. The van der Waals surface area contributed by atoms with Crippen molar-refractivity contribution in [1.82, 2.24) is 20.6 Å². The average Bonchev–Trinajstić information content (AvgIpc) is 3.10. The molecule has 0 fully saturated rings. The van der Waals surface area contributed by atoms with Gasteiger partial charge in [0.05, 0.1) is 21.8 Å². The van der Waals surface area contributed by atoms with Gasteiger partial charge in [0.2, 0.25) is 0 Å². The molecule has 0 spiro atoms. The standard InChI is InChI=1S/C17H23ClN6O3S2/c18-14-2-1-4-20-15(14)12-29-9-6-22-16(11-24(25)26)21-5-8-28-7-3-13-10-23-17(19)27-13/h1-2,4,10-11,21-22H,3,5-9,12H2,(H2,19,23)/b16-11+. The Kier molecular flexibility index (Phi) is 10.5. The lowest BCUT2D eigenvalue weighted by Crippen LogP contribution is -2.30. The van der Waals surface area contributed by atoms with Gasteiger partial charge in [-0.15, -0.1) is 0 Å². The summed E-state index contributed by atoms with van der Waals surface area (Å²) in [6.07, 6.45) is 5.02. The lowest BCUT2D eigenvalue weighted by atomic mass is 10.4. The van der Waals surface area contributed by atoms with E-state index in [-0.39, 0.29) is 6.01 Å². The fourth-order valence-electron chi connectivity index (χ4n) is 2.18. The Hall–Kier alpha value is -2.11. The number of aryl methyl sites for hydroxylation is 1. The SMILES string of the molecule is Nc1ncc(CCSCCN/C(=C\[N+](=O)[O-])NCCSCc2ncccc2Cl)o1. The number of nitrogen functional groups attached to an aromatic ring is 1. The van der Waals surface area contributed by atoms with Crippen molar-refractivity contribution in [3.05, 3.63) is 63.1 Å². The third-order valence-electron chi connectivity index (χ3n) is 3.50. The van der Waals surface area contributed by atoms with Gasteiger partial charge in [-0.05, 0) is 12.1 Å². The van der Waals surface area contributed by atoms with Crippen LogP contribution in [0.3, 0.4) is 0 Å². The summed E-state index contributed by atoms with van der Waals surface area (Å²) in [4.78, 5) is 18.4. The second-order valence-electron chi connectivity index (χ2n) is 5.69. The highest BCUT2D eigenvalue weighted by molar-refractivity contribution is 7.99. The quantitative estimate of drug-likeness (QED) is 0.220. The number of hydrogen-bond acceptors (Lipinski definition) is 10. The first-order valence-electron chi connectivity index (χ1n) is 8.82. The van der Waals surface area contributed by atoms with E-state index < -0.39 is 4.92 Å². The zero-order valence-corrected chi connectivity index (χ0v) is 18.1. The Bertz CT molecular complexity index is 805. The first-order chi connectivity index (χ1) is 14.0. The molecule has 0 saturated carbocycles. The summed E-state index contributed by atoms with van der Waals surface area (Å²) in [6.45, 7) is 1.19. The Morgan fingerprint density at radius 2 is 2.03 bits per heavy atom. The summed E-state index contributed by atoms with van der Waals surface area (Å²) in [5.41, 5.74) is 6.26. The number of aromatic nitrogens is 2. The maximum absolute atomic E-state index is 10.8. The van der Waals surface area contributed by atoms with Crippen molar-refractivity contribution in [1.29, 1.82) is 0 Å². The maximum Gasteiger partial charge on any atom is 0.292 e. The highest BCUT2D eigenvalue weighted by Gasteiger charge is 2.04. The van der Waals surface area contributed by atoms with Crippen LogP contribution in [-0.2, 0) is 12.2 Å². The molecule has 158 valence electrons. The molecule has 0 aliphatic heterocycles. The van der Waals surface area contributed by atoms with Gasteiger partial charge < -0.3 is 20.8 Å². The molecule has 0 aromatic carbocycles. The molecule has 12 heteroatoms. The number of nitrogens with two attached hydrogens (primary N) is 1. The minimum absolute atomic E-state index is 0.175. The largest absolute Gasteiger partial charge is 0.429 e. The highest BCUT2D eigenvalue weighted by atomic mass is 35.5. The molecule has 0 aliphatic rings. The van der Waals surface area contributed by atoms with Crippen LogP contribution < -0.4 is 16.4 Å². The van der Waals surface area contributed by atoms with Gasteiger partial charge in [-0.2, -0.15) is 23.5 Å². The van der Waals surface area contributed by atoms with E-state index in [2.05, 4.69) is 20.6 Å². The number of halogens is 1. The van der Waals surface area contributed by atoms with E-state index >= 15 is 0 Å². The van der Waals surface area contributed by atoms with E-state index in [4.69, 9.17) is 21.8 Å². The summed E-state index contributed by atoms with van der Waals surface area (Å²) >= 11 is 9.44. The first kappa shape index (κ1) is 23.2. The summed E-state index contributed by atoms with van der Waals surface area (Å²) in [5.74, 6) is 4.26. The first-order valence-corrected chi connectivity index (χ1v) is 11.5. The minimum atomic E-state index is -0.475. The predicted molar refractivity (Wildman–Crippen MR) is 118 cm³/mol. The molecule has 2 rings (SSSR count). The van der Waals surface area contributed by atoms with Gasteiger partial charge in [0.15, 0.2) is 5.82 Å². The number of rotatable bonds is 14. The maximum atomic E-state index is 10.8. The molecular weight excluding hydrogens is 436 g/mol. The number of pyridine rings is 1. The van der Waals surface area contributed by atoms with Crippen molar-refractivity contribution in [2.45, 2.75) is 12.2 Å². The molecule has 2 heterocycles. The predicted octanol–water partition coefficient (Wildman–Crippen LogP) is 2.77. The van der Waals surface area contributed by atoms with E-state index in [1.165, 1.54) is 0 Å². The van der Waals surface area contributed by atoms with E-state index in [0.29, 0.717) is 29.7 Å². The summed E-state index contributed by atoms with van der Waals surface area (Å²) in [7, 11) is 0. The van der Waals surface area contributed by atoms with Gasteiger partial charge in [0, 0.05) is 48.7 Å². The Morgan fingerprint density at radius 3 is 2.69 bits per heavy atom. The molecule has 4 N–H and O–H groups in total. The van der Waals surface area contributed by atoms with Crippen LogP contribution in [0.5, 0.6) is 0 Å². The van der Waals surface area contributed by atoms with Crippen LogP contribution in [0.1, 0.15) is 11.5 Å². The molecule has 0 aliphatic carbocycles. The highest BCUT2D eigenvalue weighted by Crippen LogP contribution is 2.18. The third-order valence-corrected chi connectivity index (χ3v) is 5.80. The molecule has 0 radical (unpaired) electrons. The molecule has 0 amide bonds. The fraction of sp³-hybridized carbons (Fsp3) is 0.412. The van der Waals surface area contributed by atoms with Crippen LogP contribution in [0.25, 0.3) is 0 Å². The number of nitrogens with zero attached hydrogens (tertiary/aromatic N) is 3. The fourth-order valence-corrected chi connectivity index (χ4v) is 4.06. The summed E-state index contributed by atoms with van der Waals surface area (Å²) in [6, 6.07) is 3.78. The number of oxazole rings is 1. The monoisotopic (exact) mass is 458 g/mol. The van der Waals surface area contributed by atoms with Crippen LogP contribution in [0.2, 0.25) is 5.02 Å². The minimum Gasteiger partial charge on any atom is -0.429 e. The summed E-state index contributed by atoms with van der Waals surface area (Å²) in [5, 5.41) is 17.6. The Labute approximate surface area is 182 Å². The zero-order valence-electron chi connectivity index (χ0n) is 15.7. The molecule has 0 saturated heterocycles. The molecule has 9 nitrogen and oxygen atoms in total. The van der Waals surface area contributed by atoms with E-state index in [0.717, 1.165) is 41.3 Å². The van der Waals surface area contributed by atoms with Gasteiger partial charge in [-0.1, -0.05) is 11.6 Å². The molecule has 2 aromatic heterocycles. The van der Waals surface area contributed by atoms with Gasteiger partial charge >= 0.3 is 0 Å². The van der Waals surface area contributed by atoms with Gasteiger partial charge in [0.1, 0.15) is 5.76 Å². The van der Waals surface area contributed by atoms with Gasteiger partial charge in [0.25, 0.3) is 12.2 Å². The number of anilines is 1. The second-order valence-corrected chi connectivity index (χ2v) is 8.43. The van der Waals surface area contributed by atoms with Crippen molar-refractivity contribution < 1.29 is 9.34 Å². The Balaban J connectivity index is 1.59. The normalized spacial score (nSPS) is 11.4. The van der Waals surface area contributed by atoms with Crippen LogP contribution in [0.15, 0.2) is 41.0 Å². The van der Waals surface area contributed by atoms with Crippen molar-refractivity contribution in [2.75, 3.05) is 36.1 Å². The van der Waals surface area contributed by atoms with Crippen molar-refractivity contribution in [2.24, 2.45) is 0 Å². The van der Waals surface area contributed by atoms with Crippen LogP contribution >= 0.6 is 35.1 Å². The van der Waals surface area contributed by atoms with Crippen molar-refractivity contribution >= 4 is 41.1 Å². The van der Waals surface area contributed by atoms with E-state index in [1.807, 2.05) is 6.07 Å². The zero-order chi connectivity index (χ0) is 20.9. The topological polar surface area (TPSA) is 132 Å². The lowest BCUT2D eigenvalue weighted by Gasteiger charge is -2.11. The molecule has 0 unspecified atom stereocenters. The molecule has 0 bridgehead atoms. The number of thioether (sulfide) groups is 2. The van der Waals surface area contributed by atoms with Crippen LogP contribution in [-0.4, -0.2) is 45.2 Å². The van der Waals surface area contributed by atoms with Crippen molar-refractivity contribution in [3.63, 3.8) is 0 Å². The summed E-state index contributed by atoms with van der Waals surface area (Å²) < 4.78 is 5.20. The molecule has 2 aromatic rings. The Morgan fingerprint density at radius 1 is 1.28 bits per heavy atom. The van der Waals surface area contributed by atoms with Crippen LogP contribution in [0.4, 0.5) is 6.01 Å². The smallest absolute Gasteiger partial charge is 0.292 e. The van der Waals surface area contributed by atoms with Crippen molar-refractivity contribution in [3.8, 4) is 0 Å². The van der Waals surface area contributed by atoms with Crippen LogP contribution in [0, 0.1) is 10.1 Å². The lowest BCUT2D eigenvalue weighted by molar-refractivity contribution is -0.404. The molecule has 0 atom stereocenters. The number of hydrogen-bond donors (Lipinski definition) is 3. The number of nitrogens with one attached hydrogen (secondary N) is 2. The molecular formula is C17H23ClN6O3S2. The average molecular weight is 459 g/mol. The number of nitro groups is 1. The van der Waals surface area contributed by atoms with Gasteiger partial charge in [-0.25, -0.2) is 4.98 Å².